The average Bonchev–Trinajstić information content (AvgIpc) is 2.81. The SMILES string of the molecule is O=C(C[NH+]1CCCCCC1)NC(=O)NCc1ccco1. The second kappa shape index (κ2) is 7.69. The molecule has 3 amide bonds. The Morgan fingerprint density at radius 3 is 2.60 bits per heavy atom. The minimum Gasteiger partial charge on any atom is -0.467 e. The van der Waals surface area contributed by atoms with Crippen LogP contribution >= 0.6 is 0 Å². The number of quaternary nitrogens is 1. The van der Waals surface area contributed by atoms with Crippen LogP contribution in [0.1, 0.15) is 31.4 Å². The zero-order chi connectivity index (χ0) is 14.2. The third kappa shape index (κ3) is 5.05. The van der Waals surface area contributed by atoms with Gasteiger partial charge in [0.1, 0.15) is 5.76 Å². The smallest absolute Gasteiger partial charge is 0.321 e. The number of hydrogen-bond acceptors (Lipinski definition) is 3. The van der Waals surface area contributed by atoms with Gasteiger partial charge in [0.25, 0.3) is 5.91 Å². The van der Waals surface area contributed by atoms with E-state index in [2.05, 4.69) is 10.6 Å². The fraction of sp³-hybridized carbons (Fsp3) is 0.571. The lowest BCUT2D eigenvalue weighted by molar-refractivity contribution is -0.891. The van der Waals surface area contributed by atoms with Crippen LogP contribution < -0.4 is 15.5 Å². The normalized spacial score (nSPS) is 16.4. The Labute approximate surface area is 118 Å². The van der Waals surface area contributed by atoms with Crippen LogP contribution in [0.15, 0.2) is 22.8 Å². The summed E-state index contributed by atoms with van der Waals surface area (Å²) >= 11 is 0. The van der Waals surface area contributed by atoms with E-state index < -0.39 is 6.03 Å². The van der Waals surface area contributed by atoms with Gasteiger partial charge in [-0.05, 0) is 37.8 Å². The van der Waals surface area contributed by atoms with Crippen LogP contribution in [0.3, 0.4) is 0 Å². The summed E-state index contributed by atoms with van der Waals surface area (Å²) in [6, 6.07) is 3.05. The molecular formula is C14H22N3O3+. The Morgan fingerprint density at radius 2 is 1.95 bits per heavy atom. The van der Waals surface area contributed by atoms with Crippen LogP contribution in [0.5, 0.6) is 0 Å². The second-order valence-corrected chi connectivity index (χ2v) is 5.15. The molecule has 1 aromatic heterocycles. The van der Waals surface area contributed by atoms with Gasteiger partial charge in [0, 0.05) is 0 Å². The fourth-order valence-electron chi connectivity index (χ4n) is 2.43. The molecule has 110 valence electrons. The molecule has 1 saturated heterocycles. The Balaban J connectivity index is 1.66. The molecule has 1 aliphatic rings. The van der Waals surface area contributed by atoms with E-state index in [1.54, 1.807) is 18.4 Å². The van der Waals surface area contributed by atoms with Gasteiger partial charge in [-0.1, -0.05) is 0 Å². The quantitative estimate of drug-likeness (QED) is 0.730. The van der Waals surface area contributed by atoms with Crippen molar-refractivity contribution in [3.63, 3.8) is 0 Å². The molecule has 0 aromatic carbocycles. The number of carbonyl (C=O) groups excluding carboxylic acids is 2. The van der Waals surface area contributed by atoms with Gasteiger partial charge in [-0.15, -0.1) is 0 Å². The van der Waals surface area contributed by atoms with Crippen molar-refractivity contribution in [3.05, 3.63) is 24.2 Å². The van der Waals surface area contributed by atoms with Crippen LogP contribution in [0.2, 0.25) is 0 Å². The summed E-state index contributed by atoms with van der Waals surface area (Å²) in [5.41, 5.74) is 0. The lowest BCUT2D eigenvalue weighted by Gasteiger charge is -2.16. The summed E-state index contributed by atoms with van der Waals surface area (Å²) in [6.45, 7) is 2.68. The molecule has 0 bridgehead atoms. The van der Waals surface area contributed by atoms with Crippen molar-refractivity contribution >= 4 is 11.9 Å². The number of rotatable bonds is 4. The highest BCUT2D eigenvalue weighted by atomic mass is 16.3. The summed E-state index contributed by atoms with van der Waals surface area (Å²) in [6.07, 6.45) is 6.35. The van der Waals surface area contributed by atoms with E-state index in [9.17, 15) is 9.59 Å². The number of amides is 3. The number of imide groups is 1. The lowest BCUT2D eigenvalue weighted by Crippen LogP contribution is -3.13. The highest BCUT2D eigenvalue weighted by Crippen LogP contribution is 1.99. The topological polar surface area (TPSA) is 75.8 Å². The number of nitrogens with one attached hydrogen (secondary N) is 3. The van der Waals surface area contributed by atoms with E-state index in [1.165, 1.54) is 17.7 Å². The molecule has 2 rings (SSSR count). The maximum atomic E-state index is 11.8. The van der Waals surface area contributed by atoms with Crippen LogP contribution in [-0.2, 0) is 11.3 Å². The molecule has 0 aliphatic carbocycles. The average molecular weight is 280 g/mol. The van der Waals surface area contributed by atoms with Crippen molar-refractivity contribution in [2.45, 2.75) is 32.2 Å². The molecule has 6 nitrogen and oxygen atoms in total. The summed E-state index contributed by atoms with van der Waals surface area (Å²) in [5, 5.41) is 4.95. The summed E-state index contributed by atoms with van der Waals surface area (Å²) < 4.78 is 5.09. The number of likely N-dealkylation sites (tertiary alicyclic amines) is 1. The first-order valence-corrected chi connectivity index (χ1v) is 7.17. The molecule has 0 radical (unpaired) electrons. The van der Waals surface area contributed by atoms with E-state index in [-0.39, 0.29) is 12.5 Å². The maximum absolute atomic E-state index is 11.8. The first-order chi connectivity index (χ1) is 9.74. The zero-order valence-corrected chi connectivity index (χ0v) is 11.6. The highest BCUT2D eigenvalue weighted by Gasteiger charge is 2.17. The fourth-order valence-corrected chi connectivity index (χ4v) is 2.43. The van der Waals surface area contributed by atoms with Crippen molar-refractivity contribution in [1.82, 2.24) is 10.6 Å². The molecule has 20 heavy (non-hydrogen) atoms. The minimum atomic E-state index is -0.472. The van der Waals surface area contributed by atoms with Crippen LogP contribution in [-0.4, -0.2) is 31.6 Å². The first-order valence-electron chi connectivity index (χ1n) is 7.17. The van der Waals surface area contributed by atoms with Gasteiger partial charge in [-0.3, -0.25) is 10.1 Å². The molecule has 0 unspecified atom stereocenters. The lowest BCUT2D eigenvalue weighted by atomic mass is 10.2. The summed E-state index contributed by atoms with van der Waals surface area (Å²) in [4.78, 5) is 24.6. The van der Waals surface area contributed by atoms with E-state index in [4.69, 9.17) is 4.42 Å². The van der Waals surface area contributed by atoms with Gasteiger partial charge in [0.05, 0.1) is 25.9 Å². The van der Waals surface area contributed by atoms with E-state index in [0.717, 1.165) is 25.9 Å². The Hall–Kier alpha value is -1.82. The Bertz CT molecular complexity index is 423. The van der Waals surface area contributed by atoms with Crippen molar-refractivity contribution in [1.29, 1.82) is 0 Å². The van der Waals surface area contributed by atoms with Crippen molar-refractivity contribution in [3.8, 4) is 0 Å². The molecular weight excluding hydrogens is 258 g/mol. The first kappa shape index (κ1) is 14.6. The van der Waals surface area contributed by atoms with Gasteiger partial charge in [-0.2, -0.15) is 0 Å². The predicted octanol–water partition coefficient (Wildman–Crippen LogP) is 0.0643. The second-order valence-electron chi connectivity index (χ2n) is 5.15. The number of urea groups is 1. The number of furan rings is 1. The zero-order valence-electron chi connectivity index (χ0n) is 11.6. The largest absolute Gasteiger partial charge is 0.467 e. The molecule has 3 N–H and O–H groups in total. The molecule has 1 aromatic rings. The van der Waals surface area contributed by atoms with E-state index in [0.29, 0.717) is 12.3 Å². The van der Waals surface area contributed by atoms with Crippen LogP contribution in [0, 0.1) is 0 Å². The van der Waals surface area contributed by atoms with Gasteiger partial charge < -0.3 is 14.6 Å². The molecule has 0 atom stereocenters. The van der Waals surface area contributed by atoms with Gasteiger partial charge in [0.15, 0.2) is 6.54 Å². The molecule has 1 aliphatic heterocycles. The van der Waals surface area contributed by atoms with Crippen molar-refractivity contribution in [2.24, 2.45) is 0 Å². The monoisotopic (exact) mass is 280 g/mol. The summed E-state index contributed by atoms with van der Waals surface area (Å²) in [7, 11) is 0. The molecule has 1 fully saturated rings. The third-order valence-electron chi connectivity index (χ3n) is 3.48. The third-order valence-corrected chi connectivity index (χ3v) is 3.48. The molecule has 2 heterocycles. The minimum absolute atomic E-state index is 0.223. The van der Waals surface area contributed by atoms with Crippen LogP contribution in [0.4, 0.5) is 4.79 Å². The van der Waals surface area contributed by atoms with E-state index in [1.807, 2.05) is 0 Å². The van der Waals surface area contributed by atoms with Crippen molar-refractivity contribution in [2.75, 3.05) is 19.6 Å². The summed E-state index contributed by atoms with van der Waals surface area (Å²) in [5.74, 6) is 0.435. The van der Waals surface area contributed by atoms with Crippen molar-refractivity contribution < 1.29 is 18.9 Å². The van der Waals surface area contributed by atoms with Gasteiger partial charge in [0.2, 0.25) is 0 Å². The number of carbonyl (C=O) groups is 2. The highest BCUT2D eigenvalue weighted by molar-refractivity contribution is 5.94. The van der Waals surface area contributed by atoms with Gasteiger partial charge >= 0.3 is 6.03 Å². The Morgan fingerprint density at radius 1 is 1.20 bits per heavy atom. The van der Waals surface area contributed by atoms with Gasteiger partial charge in [-0.25, -0.2) is 4.79 Å². The maximum Gasteiger partial charge on any atom is 0.321 e. The predicted molar refractivity (Wildman–Crippen MR) is 73.1 cm³/mol. The molecule has 6 heteroatoms. The molecule has 0 saturated carbocycles. The standard InChI is InChI=1S/C14H21N3O3/c18-13(11-17-7-3-1-2-4-8-17)16-14(19)15-10-12-6-5-9-20-12/h5-6,9H,1-4,7-8,10-11H2,(H2,15,16,18,19)/p+1. The Kier molecular flexibility index (Phi) is 5.61. The van der Waals surface area contributed by atoms with Crippen LogP contribution in [0.25, 0.3) is 0 Å². The van der Waals surface area contributed by atoms with E-state index >= 15 is 0 Å². The number of hydrogen-bond donors (Lipinski definition) is 3. The molecule has 0 spiro atoms.